The molecule has 2 rings (SSSR count). The Labute approximate surface area is 134 Å². The van der Waals surface area contributed by atoms with Crippen molar-refractivity contribution in [2.75, 3.05) is 0 Å². The van der Waals surface area contributed by atoms with E-state index in [0.717, 1.165) is 11.3 Å². The molecule has 0 unspecified atom stereocenters. The molecule has 0 atom stereocenters. The van der Waals surface area contributed by atoms with Gasteiger partial charge in [-0.2, -0.15) is 8.42 Å². The molecule has 0 saturated carbocycles. The molecule has 4 nitrogen and oxygen atoms in total. The van der Waals surface area contributed by atoms with Crippen LogP contribution in [0.1, 0.15) is 5.56 Å². The number of benzene rings is 1. The molecule has 9 heteroatoms. The number of sulfonamides is 1. The van der Waals surface area contributed by atoms with E-state index in [4.69, 9.17) is 40.5 Å². The maximum Gasteiger partial charge on any atom is 0.286 e. The molecule has 0 aliphatic rings. The van der Waals surface area contributed by atoms with Gasteiger partial charge in [-0.25, -0.2) is 0 Å². The van der Waals surface area contributed by atoms with Gasteiger partial charge in [0.05, 0.1) is 4.34 Å². The molecule has 1 heterocycles. The van der Waals surface area contributed by atoms with Crippen LogP contribution < -0.4 is 5.73 Å². The maximum atomic E-state index is 12.1. The Kier molecular flexibility index (Phi) is 4.61. The second-order valence-corrected chi connectivity index (χ2v) is 7.94. The molecule has 1 aromatic heterocycles. The average molecular weight is 370 g/mol. The van der Waals surface area contributed by atoms with E-state index in [1.165, 1.54) is 6.07 Å². The molecule has 0 radical (unpaired) electrons. The normalized spacial score (nSPS) is 12.7. The van der Waals surface area contributed by atoms with Crippen LogP contribution in [0.25, 0.3) is 0 Å². The fraction of sp³-hybridized carbons (Fsp3) is 0. The summed E-state index contributed by atoms with van der Waals surface area (Å²) in [5.41, 5.74) is 6.12. The number of halogens is 3. The Morgan fingerprint density at radius 2 is 1.75 bits per heavy atom. The predicted molar refractivity (Wildman–Crippen MR) is 83.7 cm³/mol. The lowest BCUT2D eigenvalue weighted by Gasteiger charge is -2.01. The van der Waals surface area contributed by atoms with Gasteiger partial charge < -0.3 is 5.73 Å². The van der Waals surface area contributed by atoms with E-state index in [1.807, 2.05) is 0 Å². The van der Waals surface area contributed by atoms with Crippen molar-refractivity contribution in [1.82, 2.24) is 0 Å². The van der Waals surface area contributed by atoms with E-state index in [2.05, 4.69) is 4.40 Å². The van der Waals surface area contributed by atoms with Gasteiger partial charge in [0, 0.05) is 10.6 Å². The summed E-state index contributed by atoms with van der Waals surface area (Å²) in [6.45, 7) is 0. The number of nitrogens with zero attached hydrogens (tertiary/aromatic N) is 1. The van der Waals surface area contributed by atoms with Gasteiger partial charge in [0.2, 0.25) is 0 Å². The standard InChI is InChI=1S/C11H7Cl3N2O2S2/c12-7-3-1-6(2-4-7)11(15)16-20(17,18)8-5-9(13)19-10(8)14/h1-5H,(H2,15,16). The van der Waals surface area contributed by atoms with Gasteiger partial charge in [-0.1, -0.05) is 34.8 Å². The van der Waals surface area contributed by atoms with Crippen molar-refractivity contribution in [3.8, 4) is 0 Å². The Morgan fingerprint density at radius 1 is 1.15 bits per heavy atom. The van der Waals surface area contributed by atoms with Crippen LogP contribution >= 0.6 is 46.1 Å². The summed E-state index contributed by atoms with van der Waals surface area (Å²) >= 11 is 18.2. The second kappa shape index (κ2) is 5.91. The van der Waals surface area contributed by atoms with E-state index in [0.29, 0.717) is 10.6 Å². The fourth-order valence-corrected chi connectivity index (χ4v) is 4.55. The van der Waals surface area contributed by atoms with Crippen LogP contribution in [0.2, 0.25) is 13.7 Å². The third-order valence-corrected chi connectivity index (χ3v) is 5.56. The van der Waals surface area contributed by atoms with Crippen LogP contribution in [-0.4, -0.2) is 14.3 Å². The summed E-state index contributed by atoms with van der Waals surface area (Å²) < 4.78 is 28.0. The van der Waals surface area contributed by atoms with Gasteiger partial charge in [0.15, 0.2) is 0 Å². The number of nitrogens with two attached hydrogens (primary N) is 1. The lowest BCUT2D eigenvalue weighted by Crippen LogP contribution is -2.15. The monoisotopic (exact) mass is 368 g/mol. The summed E-state index contributed by atoms with van der Waals surface area (Å²) in [4.78, 5) is -0.161. The van der Waals surface area contributed by atoms with Crippen molar-refractivity contribution in [2.45, 2.75) is 4.90 Å². The van der Waals surface area contributed by atoms with Crippen molar-refractivity contribution >= 4 is 62.0 Å². The van der Waals surface area contributed by atoms with Crippen LogP contribution in [0.4, 0.5) is 0 Å². The molecular weight excluding hydrogens is 363 g/mol. The zero-order chi connectivity index (χ0) is 14.9. The van der Waals surface area contributed by atoms with Crippen LogP contribution in [0.3, 0.4) is 0 Å². The maximum absolute atomic E-state index is 12.1. The first-order valence-electron chi connectivity index (χ1n) is 5.11. The third kappa shape index (κ3) is 3.45. The first kappa shape index (κ1) is 15.6. The van der Waals surface area contributed by atoms with Gasteiger partial charge in [0.25, 0.3) is 10.0 Å². The SMILES string of the molecule is N/C(=N\S(=O)(=O)c1cc(Cl)sc1Cl)c1ccc(Cl)cc1. The number of rotatable bonds is 3. The van der Waals surface area contributed by atoms with Crippen LogP contribution in [0.15, 0.2) is 39.6 Å². The molecule has 1 aromatic carbocycles. The molecule has 2 N–H and O–H groups in total. The van der Waals surface area contributed by atoms with E-state index >= 15 is 0 Å². The van der Waals surface area contributed by atoms with Gasteiger partial charge in [-0.3, -0.25) is 0 Å². The zero-order valence-corrected chi connectivity index (χ0v) is 13.6. The van der Waals surface area contributed by atoms with Gasteiger partial charge >= 0.3 is 0 Å². The first-order valence-corrected chi connectivity index (χ1v) is 8.50. The minimum atomic E-state index is -4.00. The van der Waals surface area contributed by atoms with Crippen molar-refractivity contribution in [2.24, 2.45) is 10.1 Å². The topological polar surface area (TPSA) is 72.5 Å². The Morgan fingerprint density at radius 3 is 2.25 bits per heavy atom. The largest absolute Gasteiger partial charge is 0.383 e. The summed E-state index contributed by atoms with van der Waals surface area (Å²) in [7, 11) is -4.00. The van der Waals surface area contributed by atoms with Crippen molar-refractivity contribution in [3.63, 3.8) is 0 Å². The molecule has 0 fully saturated rings. The second-order valence-electron chi connectivity index (χ2n) is 3.65. The minimum absolute atomic E-state index is 0.0441. The molecule has 0 spiro atoms. The molecule has 20 heavy (non-hydrogen) atoms. The molecule has 0 saturated heterocycles. The highest BCUT2D eigenvalue weighted by Crippen LogP contribution is 2.35. The van der Waals surface area contributed by atoms with Crippen LogP contribution in [0, 0.1) is 0 Å². The summed E-state index contributed by atoms with van der Waals surface area (Å²) in [5.74, 6) is -0.153. The minimum Gasteiger partial charge on any atom is -0.383 e. The average Bonchev–Trinajstić information content (AvgIpc) is 2.69. The third-order valence-electron chi connectivity index (χ3n) is 2.26. The van der Waals surface area contributed by atoms with E-state index < -0.39 is 10.0 Å². The lowest BCUT2D eigenvalue weighted by molar-refractivity contribution is 0.598. The van der Waals surface area contributed by atoms with Crippen molar-refractivity contribution in [1.29, 1.82) is 0 Å². The van der Waals surface area contributed by atoms with Crippen LogP contribution in [-0.2, 0) is 10.0 Å². The Bertz CT molecular complexity index is 767. The van der Waals surface area contributed by atoms with Crippen molar-refractivity contribution < 1.29 is 8.42 Å². The molecule has 0 aliphatic carbocycles. The number of amidine groups is 1. The van der Waals surface area contributed by atoms with Crippen LogP contribution in [0.5, 0.6) is 0 Å². The molecule has 0 bridgehead atoms. The molecule has 106 valence electrons. The lowest BCUT2D eigenvalue weighted by atomic mass is 10.2. The van der Waals surface area contributed by atoms with Crippen molar-refractivity contribution in [3.05, 3.63) is 49.6 Å². The number of hydrogen-bond acceptors (Lipinski definition) is 3. The summed E-state index contributed by atoms with van der Waals surface area (Å²) in [6.07, 6.45) is 0. The van der Waals surface area contributed by atoms with Gasteiger partial charge in [-0.15, -0.1) is 15.7 Å². The highest BCUT2D eigenvalue weighted by molar-refractivity contribution is 7.90. The smallest absolute Gasteiger partial charge is 0.286 e. The molecule has 0 amide bonds. The summed E-state index contributed by atoms with van der Waals surface area (Å²) in [5, 5.41) is 0.511. The Balaban J connectivity index is 2.43. The summed E-state index contributed by atoms with van der Waals surface area (Å²) in [6, 6.07) is 7.54. The highest BCUT2D eigenvalue weighted by Gasteiger charge is 2.21. The van der Waals surface area contributed by atoms with E-state index in [9.17, 15) is 8.42 Å². The molecular formula is C11H7Cl3N2O2S2. The Hall–Kier alpha value is -0.790. The van der Waals surface area contributed by atoms with E-state index in [-0.39, 0.29) is 19.4 Å². The van der Waals surface area contributed by atoms with E-state index in [1.54, 1.807) is 24.3 Å². The quantitative estimate of drug-likeness (QED) is 0.660. The number of hydrogen-bond donors (Lipinski definition) is 1. The highest BCUT2D eigenvalue weighted by atomic mass is 35.5. The van der Waals surface area contributed by atoms with Gasteiger partial charge in [0.1, 0.15) is 15.1 Å². The number of thiophene rings is 1. The predicted octanol–water partition coefficient (Wildman–Crippen LogP) is 3.80. The zero-order valence-electron chi connectivity index (χ0n) is 9.68. The first-order chi connectivity index (χ1) is 9.29. The van der Waals surface area contributed by atoms with Gasteiger partial charge in [-0.05, 0) is 30.3 Å². The molecule has 0 aliphatic heterocycles. The molecule has 2 aromatic rings. The fourth-order valence-electron chi connectivity index (χ4n) is 1.35.